The minimum absolute atomic E-state index is 0.201. The molecule has 104 valence electrons. The summed E-state index contributed by atoms with van der Waals surface area (Å²) in [5.74, 6) is -0.262. The number of rotatable bonds is 5. The normalized spacial score (nSPS) is 17.2. The Morgan fingerprint density at radius 1 is 1.32 bits per heavy atom. The molecule has 0 aromatic heterocycles. The van der Waals surface area contributed by atoms with Gasteiger partial charge in [0.25, 0.3) is 0 Å². The average molecular weight is 282 g/mol. The van der Waals surface area contributed by atoms with Gasteiger partial charge in [-0.2, -0.15) is 4.31 Å². The van der Waals surface area contributed by atoms with E-state index < -0.39 is 16.1 Å². The predicted octanol–water partition coefficient (Wildman–Crippen LogP) is 0.898. The van der Waals surface area contributed by atoms with Gasteiger partial charge < -0.3 is 5.32 Å². The molecular formula is C13H18N2O3S. The first-order chi connectivity index (χ1) is 8.89. The molecule has 0 radical (unpaired) electrons. The second-order valence-corrected chi connectivity index (χ2v) is 6.92. The smallest absolute Gasteiger partial charge is 0.243 e. The number of hydrogen-bond donors (Lipinski definition) is 1. The topological polar surface area (TPSA) is 66.5 Å². The van der Waals surface area contributed by atoms with Gasteiger partial charge in [-0.3, -0.25) is 4.79 Å². The van der Waals surface area contributed by atoms with Gasteiger partial charge in [-0.25, -0.2) is 8.42 Å². The summed E-state index contributed by atoms with van der Waals surface area (Å²) >= 11 is 0. The van der Waals surface area contributed by atoms with Gasteiger partial charge in [-0.15, -0.1) is 0 Å². The van der Waals surface area contributed by atoms with Crippen LogP contribution in [-0.4, -0.2) is 38.0 Å². The zero-order chi connectivity index (χ0) is 14.0. The number of likely N-dealkylation sites (N-methyl/N-ethyl adjacent to an activating group) is 1. The highest BCUT2D eigenvalue weighted by molar-refractivity contribution is 7.88. The molecule has 0 heterocycles. The lowest BCUT2D eigenvalue weighted by molar-refractivity contribution is -0.124. The van der Waals surface area contributed by atoms with Gasteiger partial charge in [0, 0.05) is 13.1 Å². The minimum Gasteiger partial charge on any atom is -0.352 e. The zero-order valence-electron chi connectivity index (χ0n) is 11.0. The molecule has 0 bridgehead atoms. The van der Waals surface area contributed by atoms with Crippen molar-refractivity contribution >= 4 is 15.9 Å². The Kier molecular flexibility index (Phi) is 3.91. The number of carbonyl (C=O) groups excluding carboxylic acids is 1. The second-order valence-electron chi connectivity index (χ2n) is 4.88. The molecule has 1 aliphatic carbocycles. The maximum absolute atomic E-state index is 12.3. The van der Waals surface area contributed by atoms with Crippen LogP contribution in [0.4, 0.5) is 0 Å². The lowest BCUT2D eigenvalue weighted by Crippen LogP contribution is -2.41. The Hall–Kier alpha value is -1.40. The molecule has 1 atom stereocenters. The third-order valence-corrected chi connectivity index (χ3v) is 4.43. The van der Waals surface area contributed by atoms with Gasteiger partial charge in [-0.1, -0.05) is 30.3 Å². The lowest BCUT2D eigenvalue weighted by Gasteiger charge is -2.25. The summed E-state index contributed by atoms with van der Waals surface area (Å²) in [6, 6.07) is 8.34. The summed E-state index contributed by atoms with van der Waals surface area (Å²) in [7, 11) is -2.01. The fraction of sp³-hybridized carbons (Fsp3) is 0.462. The minimum atomic E-state index is -3.44. The Balaban J connectivity index is 2.29. The third kappa shape index (κ3) is 3.54. The van der Waals surface area contributed by atoms with Crippen LogP contribution in [0.1, 0.15) is 24.4 Å². The molecule has 1 amide bonds. The van der Waals surface area contributed by atoms with Crippen LogP contribution in [0.5, 0.6) is 0 Å². The largest absolute Gasteiger partial charge is 0.352 e. The van der Waals surface area contributed by atoms with Crippen molar-refractivity contribution < 1.29 is 13.2 Å². The fourth-order valence-corrected chi connectivity index (χ4v) is 2.46. The number of nitrogens with one attached hydrogen (secondary N) is 1. The van der Waals surface area contributed by atoms with Crippen LogP contribution >= 0.6 is 0 Å². The van der Waals surface area contributed by atoms with Crippen molar-refractivity contribution in [1.29, 1.82) is 0 Å². The van der Waals surface area contributed by atoms with Crippen molar-refractivity contribution in [2.45, 2.75) is 24.9 Å². The van der Waals surface area contributed by atoms with Crippen molar-refractivity contribution in [3.8, 4) is 0 Å². The van der Waals surface area contributed by atoms with Crippen LogP contribution in [0, 0.1) is 0 Å². The van der Waals surface area contributed by atoms with Crippen molar-refractivity contribution in [2.24, 2.45) is 0 Å². The van der Waals surface area contributed by atoms with Crippen LogP contribution in [0.25, 0.3) is 0 Å². The highest BCUT2D eigenvalue weighted by Crippen LogP contribution is 2.25. The highest BCUT2D eigenvalue weighted by Gasteiger charge is 2.33. The SMILES string of the molecule is CN([C@H](C(=O)NC1CC1)c1ccccc1)S(C)(=O)=O. The molecule has 0 unspecified atom stereocenters. The molecule has 19 heavy (non-hydrogen) atoms. The van der Waals surface area contributed by atoms with Crippen LogP contribution in [-0.2, 0) is 14.8 Å². The average Bonchev–Trinajstić information content (AvgIpc) is 3.13. The maximum atomic E-state index is 12.3. The Morgan fingerprint density at radius 2 is 1.89 bits per heavy atom. The summed E-state index contributed by atoms with van der Waals surface area (Å²) in [5.41, 5.74) is 0.675. The molecule has 1 N–H and O–H groups in total. The summed E-state index contributed by atoms with van der Waals surface area (Å²) < 4.78 is 24.5. The maximum Gasteiger partial charge on any atom is 0.243 e. The van der Waals surface area contributed by atoms with Gasteiger partial charge in [0.05, 0.1) is 6.26 Å². The van der Waals surface area contributed by atoms with E-state index in [9.17, 15) is 13.2 Å². The van der Waals surface area contributed by atoms with Gasteiger partial charge in [0.2, 0.25) is 15.9 Å². The molecule has 0 spiro atoms. The van der Waals surface area contributed by atoms with Crippen molar-refractivity contribution in [1.82, 2.24) is 9.62 Å². The Morgan fingerprint density at radius 3 is 2.37 bits per heavy atom. The van der Waals surface area contributed by atoms with Crippen molar-refractivity contribution in [2.75, 3.05) is 13.3 Å². The quantitative estimate of drug-likeness (QED) is 0.872. The molecule has 1 aromatic rings. The van der Waals surface area contributed by atoms with Gasteiger partial charge in [0.15, 0.2) is 0 Å². The Labute approximate surface area is 113 Å². The number of nitrogens with zero attached hydrogens (tertiary/aromatic N) is 1. The number of benzene rings is 1. The monoisotopic (exact) mass is 282 g/mol. The lowest BCUT2D eigenvalue weighted by atomic mass is 10.1. The summed E-state index contributed by atoms with van der Waals surface area (Å²) in [6.07, 6.45) is 3.04. The molecule has 0 saturated heterocycles. The zero-order valence-corrected chi connectivity index (χ0v) is 11.9. The molecule has 6 heteroatoms. The van der Waals surface area contributed by atoms with Crippen molar-refractivity contribution in [3.05, 3.63) is 35.9 Å². The van der Waals surface area contributed by atoms with E-state index in [0.29, 0.717) is 5.56 Å². The number of sulfonamides is 1. The first-order valence-corrected chi connectivity index (χ1v) is 8.03. The fourth-order valence-electron chi connectivity index (χ4n) is 1.86. The van der Waals surface area contributed by atoms with Gasteiger partial charge >= 0.3 is 0 Å². The molecule has 0 aliphatic heterocycles. The van der Waals surface area contributed by atoms with Crippen LogP contribution in [0.15, 0.2) is 30.3 Å². The molecule has 5 nitrogen and oxygen atoms in total. The molecular weight excluding hydrogens is 264 g/mol. The Bertz CT molecular complexity index is 553. The standard InChI is InChI=1S/C13H18N2O3S/c1-15(19(2,17)18)12(10-6-4-3-5-7-10)13(16)14-11-8-9-11/h3-7,11-12H,8-9H2,1-2H3,(H,14,16)/t12-/m0/s1. The second kappa shape index (κ2) is 5.30. The first-order valence-electron chi connectivity index (χ1n) is 6.18. The third-order valence-electron chi connectivity index (χ3n) is 3.17. The van der Waals surface area contributed by atoms with E-state index in [1.54, 1.807) is 24.3 Å². The number of carbonyl (C=O) groups is 1. The highest BCUT2D eigenvalue weighted by atomic mass is 32.2. The van der Waals surface area contributed by atoms with E-state index in [4.69, 9.17) is 0 Å². The molecule has 2 rings (SSSR count). The van der Waals surface area contributed by atoms with E-state index in [2.05, 4.69) is 5.32 Å². The molecule has 1 saturated carbocycles. The van der Waals surface area contributed by atoms with E-state index in [1.165, 1.54) is 7.05 Å². The first kappa shape index (κ1) is 14.0. The molecule has 1 fully saturated rings. The summed E-state index contributed by atoms with van der Waals surface area (Å²) in [4.78, 5) is 12.3. The predicted molar refractivity (Wildman–Crippen MR) is 73.0 cm³/mol. The van der Waals surface area contributed by atoms with E-state index in [1.807, 2.05) is 6.07 Å². The summed E-state index contributed by atoms with van der Waals surface area (Å²) in [6.45, 7) is 0. The number of amides is 1. The summed E-state index contributed by atoms with van der Waals surface area (Å²) in [5, 5.41) is 2.86. The van der Waals surface area contributed by atoms with E-state index >= 15 is 0 Å². The van der Waals surface area contributed by atoms with Gasteiger partial charge in [-0.05, 0) is 18.4 Å². The molecule has 1 aliphatic rings. The van der Waals surface area contributed by atoms with E-state index in [0.717, 1.165) is 23.4 Å². The van der Waals surface area contributed by atoms with E-state index in [-0.39, 0.29) is 11.9 Å². The van der Waals surface area contributed by atoms with Crippen LogP contribution < -0.4 is 5.32 Å². The van der Waals surface area contributed by atoms with Crippen LogP contribution in [0.3, 0.4) is 0 Å². The van der Waals surface area contributed by atoms with Gasteiger partial charge in [0.1, 0.15) is 6.04 Å². The molecule has 1 aromatic carbocycles. The van der Waals surface area contributed by atoms with Crippen molar-refractivity contribution in [3.63, 3.8) is 0 Å². The van der Waals surface area contributed by atoms with Crippen LogP contribution in [0.2, 0.25) is 0 Å². The number of hydrogen-bond acceptors (Lipinski definition) is 3.